The van der Waals surface area contributed by atoms with E-state index >= 15 is 0 Å². The Morgan fingerprint density at radius 3 is 2.86 bits per heavy atom. The van der Waals surface area contributed by atoms with Gasteiger partial charge in [-0.15, -0.1) is 0 Å². The van der Waals surface area contributed by atoms with Gasteiger partial charge in [0, 0.05) is 48.7 Å². The van der Waals surface area contributed by atoms with Crippen LogP contribution in [0.1, 0.15) is 55.8 Å². The number of hydrogen-bond donors (Lipinski definition) is 3. The lowest BCUT2D eigenvalue weighted by molar-refractivity contribution is 0.107. The predicted molar refractivity (Wildman–Crippen MR) is 164 cm³/mol. The van der Waals surface area contributed by atoms with Gasteiger partial charge >= 0.3 is 6.01 Å². The number of rotatable bonds is 4. The monoisotopic (exact) mass is 587 g/mol. The Hall–Kier alpha value is -2.85. The predicted octanol–water partition coefficient (Wildman–Crippen LogP) is 3.97. The Balaban J connectivity index is 1.14. The first-order valence-corrected chi connectivity index (χ1v) is 16.1. The number of nitrogens with zero attached hydrogens (tertiary/aromatic N) is 5. The summed E-state index contributed by atoms with van der Waals surface area (Å²) in [6.07, 6.45) is 7.29. The fraction of sp³-hybridized carbons (Fsp3) is 0.562. The number of benzene rings is 2. The molecule has 6 aliphatic rings. The molecule has 0 saturated carbocycles. The van der Waals surface area contributed by atoms with Gasteiger partial charge in [-0.25, -0.2) is 0 Å². The van der Waals surface area contributed by atoms with Gasteiger partial charge in [-0.2, -0.15) is 9.97 Å². The number of phenols is 1. The van der Waals surface area contributed by atoms with Crippen LogP contribution in [0.2, 0.25) is 5.02 Å². The summed E-state index contributed by atoms with van der Waals surface area (Å²) in [4.78, 5) is 17.9. The van der Waals surface area contributed by atoms with Gasteiger partial charge in [-0.1, -0.05) is 23.7 Å². The Morgan fingerprint density at radius 1 is 1.10 bits per heavy atom. The third kappa shape index (κ3) is 3.93. The van der Waals surface area contributed by atoms with Crippen molar-refractivity contribution < 1.29 is 9.84 Å². The molecule has 0 aliphatic carbocycles. The molecular formula is C32H38ClN7O2. The van der Waals surface area contributed by atoms with Gasteiger partial charge < -0.3 is 30.3 Å². The van der Waals surface area contributed by atoms with Crippen LogP contribution in [-0.2, 0) is 6.54 Å². The van der Waals surface area contributed by atoms with Crippen molar-refractivity contribution in [1.82, 2.24) is 25.5 Å². The maximum absolute atomic E-state index is 10.7. The zero-order chi connectivity index (χ0) is 28.0. The number of aromatic hydroxyl groups is 1. The van der Waals surface area contributed by atoms with Crippen molar-refractivity contribution in [2.24, 2.45) is 0 Å². The van der Waals surface area contributed by atoms with E-state index in [9.17, 15) is 5.11 Å². The second kappa shape index (κ2) is 9.58. The maximum atomic E-state index is 10.7. The number of hydrogen-bond acceptors (Lipinski definition) is 9. The van der Waals surface area contributed by atoms with E-state index in [0.717, 1.165) is 47.6 Å². The van der Waals surface area contributed by atoms with E-state index in [2.05, 4.69) is 25.3 Å². The van der Waals surface area contributed by atoms with E-state index < -0.39 is 0 Å². The molecule has 42 heavy (non-hydrogen) atoms. The first-order valence-electron chi connectivity index (χ1n) is 15.8. The number of nitrogens with one attached hydrogen (secondary N) is 2. The van der Waals surface area contributed by atoms with Crippen LogP contribution in [0.25, 0.3) is 10.8 Å². The third-order valence-corrected chi connectivity index (χ3v) is 11.3. The van der Waals surface area contributed by atoms with Crippen molar-refractivity contribution in [2.45, 2.75) is 74.8 Å². The number of fused-ring (bicyclic) bond motifs is 7. The van der Waals surface area contributed by atoms with E-state index in [1.807, 2.05) is 24.3 Å². The minimum atomic E-state index is 0.0561. The van der Waals surface area contributed by atoms with Crippen LogP contribution in [0, 0.1) is 0 Å². The molecule has 3 aromatic rings. The molecule has 4 fully saturated rings. The van der Waals surface area contributed by atoms with Crippen LogP contribution in [0.3, 0.4) is 0 Å². The zero-order valence-corrected chi connectivity index (χ0v) is 24.6. The Bertz CT molecular complexity index is 1560. The second-order valence-electron chi connectivity index (χ2n) is 13.3. The molecule has 1 aromatic heterocycles. The molecule has 4 saturated heterocycles. The molecule has 0 radical (unpaired) electrons. The number of ether oxygens (including phenoxy) is 1. The topological polar surface area (TPSA) is 89.0 Å². The summed E-state index contributed by atoms with van der Waals surface area (Å²) in [6.45, 7) is 6.19. The highest BCUT2D eigenvalue weighted by Crippen LogP contribution is 2.44. The highest BCUT2D eigenvalue weighted by atomic mass is 35.5. The minimum Gasteiger partial charge on any atom is -0.508 e. The number of halogens is 1. The maximum Gasteiger partial charge on any atom is 0.318 e. The fourth-order valence-corrected chi connectivity index (χ4v) is 9.33. The number of anilines is 2. The quantitative estimate of drug-likeness (QED) is 0.420. The first kappa shape index (κ1) is 25.6. The zero-order valence-electron chi connectivity index (χ0n) is 23.9. The van der Waals surface area contributed by atoms with E-state index in [-0.39, 0.29) is 17.3 Å². The highest BCUT2D eigenvalue weighted by Gasteiger charge is 2.47. The first-order chi connectivity index (χ1) is 20.5. The largest absolute Gasteiger partial charge is 0.508 e. The molecule has 2 aromatic carbocycles. The molecular weight excluding hydrogens is 550 g/mol. The summed E-state index contributed by atoms with van der Waals surface area (Å²) in [7, 11) is 0. The Morgan fingerprint density at radius 2 is 1.98 bits per heavy atom. The molecule has 6 aliphatic heterocycles. The molecule has 7 heterocycles. The lowest BCUT2D eigenvalue weighted by Crippen LogP contribution is -2.60. The minimum absolute atomic E-state index is 0.0561. The summed E-state index contributed by atoms with van der Waals surface area (Å²) in [5, 5.41) is 21.1. The molecule has 10 heteroatoms. The fourth-order valence-electron chi connectivity index (χ4n) is 9.05. The van der Waals surface area contributed by atoms with Crippen molar-refractivity contribution in [1.29, 1.82) is 0 Å². The van der Waals surface area contributed by atoms with E-state index in [4.69, 9.17) is 26.3 Å². The summed E-state index contributed by atoms with van der Waals surface area (Å²) < 4.78 is 6.60. The van der Waals surface area contributed by atoms with E-state index in [1.54, 1.807) is 6.07 Å². The van der Waals surface area contributed by atoms with Crippen LogP contribution in [0.15, 0.2) is 30.3 Å². The molecule has 0 amide bonds. The molecule has 2 bridgehead atoms. The SMILES string of the molecule is Oc1cc(N2Cc3nc(OCC45CCCN4CCC5)nc4c3C(C2)NCC2C3CCC(CN42)N3)c2c(Cl)cccc2c1. The van der Waals surface area contributed by atoms with Gasteiger partial charge in [-0.3, -0.25) is 4.90 Å². The molecule has 9 nitrogen and oxygen atoms in total. The molecule has 9 rings (SSSR count). The van der Waals surface area contributed by atoms with Gasteiger partial charge in [0.15, 0.2) is 0 Å². The van der Waals surface area contributed by atoms with Gasteiger partial charge in [0.05, 0.1) is 40.6 Å². The third-order valence-electron chi connectivity index (χ3n) is 11.0. The van der Waals surface area contributed by atoms with Crippen LogP contribution in [0.5, 0.6) is 11.8 Å². The van der Waals surface area contributed by atoms with Crippen molar-refractivity contribution in [2.75, 3.05) is 49.1 Å². The number of aromatic nitrogens is 2. The molecule has 4 atom stereocenters. The average Bonchev–Trinajstić information content (AvgIpc) is 3.66. The summed E-state index contributed by atoms with van der Waals surface area (Å²) in [5.41, 5.74) is 3.28. The second-order valence-corrected chi connectivity index (χ2v) is 13.7. The average molecular weight is 588 g/mol. The van der Waals surface area contributed by atoms with Crippen LogP contribution in [0.4, 0.5) is 11.5 Å². The van der Waals surface area contributed by atoms with Crippen LogP contribution in [-0.4, -0.2) is 83.0 Å². The molecule has 3 N–H and O–H groups in total. The van der Waals surface area contributed by atoms with Gasteiger partial charge in [0.1, 0.15) is 18.2 Å². The van der Waals surface area contributed by atoms with Gasteiger partial charge in [-0.05, 0) is 69.1 Å². The lowest BCUT2D eigenvalue weighted by Gasteiger charge is -2.41. The molecule has 0 spiro atoms. The Labute approximate surface area is 251 Å². The summed E-state index contributed by atoms with van der Waals surface area (Å²) in [5.74, 6) is 1.29. The smallest absolute Gasteiger partial charge is 0.318 e. The van der Waals surface area contributed by atoms with Crippen LogP contribution >= 0.6 is 11.6 Å². The number of phenolic OH excluding ortho intramolecular Hbond substituents is 1. The normalized spacial score (nSPS) is 29.4. The standard InChI is InChI=1S/C32H38ClN7O2/c33-22-5-1-4-19-12-21(41)13-26(28(19)22)38-16-24-29-25(17-38)36-31(42-18-32-8-2-10-39(32)11-3-9-32)37-30(29)40-15-20-6-7-23(35-20)27(40)14-34-24/h1,4-5,12-13,20,23-24,27,34-35,41H,2-3,6-11,14-18H2. The van der Waals surface area contributed by atoms with Crippen molar-refractivity contribution >= 4 is 33.9 Å². The highest BCUT2D eigenvalue weighted by molar-refractivity contribution is 6.36. The molecule has 220 valence electrons. The Kier molecular flexibility index (Phi) is 5.84. The van der Waals surface area contributed by atoms with Gasteiger partial charge in [0.2, 0.25) is 0 Å². The number of piperazine rings is 1. The van der Waals surface area contributed by atoms with Crippen molar-refractivity contribution in [3.63, 3.8) is 0 Å². The summed E-state index contributed by atoms with van der Waals surface area (Å²) >= 11 is 6.77. The van der Waals surface area contributed by atoms with Gasteiger partial charge in [0.25, 0.3) is 0 Å². The van der Waals surface area contributed by atoms with Crippen molar-refractivity contribution in [3.8, 4) is 11.8 Å². The van der Waals surface area contributed by atoms with Crippen LogP contribution < -0.4 is 25.2 Å². The lowest BCUT2D eigenvalue weighted by atomic mass is 9.95. The van der Waals surface area contributed by atoms with E-state index in [1.165, 1.54) is 57.2 Å². The molecule has 4 unspecified atom stereocenters. The van der Waals surface area contributed by atoms with E-state index in [0.29, 0.717) is 42.3 Å². The summed E-state index contributed by atoms with van der Waals surface area (Å²) in [6, 6.07) is 11.4. The van der Waals surface area contributed by atoms with Crippen molar-refractivity contribution in [3.05, 3.63) is 46.6 Å².